The molecule has 0 saturated heterocycles. The SMILES string of the molecule is COC(=O)C1(OC(=O)C2CCC(C=C(Br)Br)CC2)CCC(C=C(Br)Br)CC1. The minimum absolute atomic E-state index is 0.139. The first-order valence-electron chi connectivity index (χ1n) is 9.12. The van der Waals surface area contributed by atoms with Gasteiger partial charge in [0.2, 0.25) is 5.60 Å². The van der Waals surface area contributed by atoms with E-state index in [2.05, 4.69) is 75.9 Å². The fourth-order valence-electron chi connectivity index (χ4n) is 3.96. The Kier molecular flexibility index (Phi) is 9.56. The van der Waals surface area contributed by atoms with E-state index in [-0.39, 0.29) is 11.9 Å². The van der Waals surface area contributed by atoms with Crippen molar-refractivity contribution in [1.29, 1.82) is 0 Å². The van der Waals surface area contributed by atoms with Crippen LogP contribution < -0.4 is 0 Å². The molecule has 0 aromatic rings. The molecule has 2 aliphatic rings. The number of esters is 2. The lowest BCUT2D eigenvalue weighted by molar-refractivity contribution is -0.189. The molecule has 0 aliphatic heterocycles. The van der Waals surface area contributed by atoms with Gasteiger partial charge in [0.05, 0.1) is 19.8 Å². The van der Waals surface area contributed by atoms with Crippen LogP contribution in [0.1, 0.15) is 51.4 Å². The average Bonchev–Trinajstić information content (AvgIpc) is 2.62. The topological polar surface area (TPSA) is 52.6 Å². The van der Waals surface area contributed by atoms with Crippen LogP contribution >= 0.6 is 63.7 Å². The Balaban J connectivity index is 1.99. The summed E-state index contributed by atoms with van der Waals surface area (Å²) >= 11 is 13.6. The second-order valence-electron chi connectivity index (χ2n) is 7.27. The van der Waals surface area contributed by atoms with Crippen LogP contribution in [0.5, 0.6) is 0 Å². The van der Waals surface area contributed by atoms with E-state index in [4.69, 9.17) is 9.47 Å². The molecule has 0 atom stereocenters. The van der Waals surface area contributed by atoms with Gasteiger partial charge < -0.3 is 9.47 Å². The van der Waals surface area contributed by atoms with Crippen LogP contribution in [-0.2, 0) is 19.1 Å². The smallest absolute Gasteiger partial charge is 0.350 e. The van der Waals surface area contributed by atoms with Gasteiger partial charge in [0.15, 0.2) is 0 Å². The highest BCUT2D eigenvalue weighted by Crippen LogP contribution is 2.40. The maximum Gasteiger partial charge on any atom is 0.350 e. The van der Waals surface area contributed by atoms with Crippen LogP contribution in [0.4, 0.5) is 0 Å². The van der Waals surface area contributed by atoms with Crippen molar-refractivity contribution in [3.8, 4) is 0 Å². The predicted molar refractivity (Wildman–Crippen MR) is 120 cm³/mol. The summed E-state index contributed by atoms with van der Waals surface area (Å²) in [7, 11) is 1.36. The highest BCUT2D eigenvalue weighted by atomic mass is 79.9. The van der Waals surface area contributed by atoms with Crippen LogP contribution in [0.25, 0.3) is 0 Å². The van der Waals surface area contributed by atoms with Crippen molar-refractivity contribution in [2.45, 2.75) is 57.0 Å². The number of methoxy groups -OCH3 is 1. The molecule has 0 amide bonds. The quantitative estimate of drug-likeness (QED) is 0.316. The van der Waals surface area contributed by atoms with Gasteiger partial charge in [-0.15, -0.1) is 0 Å². The van der Waals surface area contributed by atoms with Gasteiger partial charge in [0, 0.05) is 0 Å². The summed E-state index contributed by atoms with van der Waals surface area (Å²) in [5.74, 6) is -0.0190. The second-order valence-corrected chi connectivity index (χ2v) is 12.8. The molecule has 2 aliphatic carbocycles. The Labute approximate surface area is 194 Å². The van der Waals surface area contributed by atoms with E-state index in [1.165, 1.54) is 7.11 Å². The van der Waals surface area contributed by atoms with E-state index in [1.807, 2.05) is 0 Å². The number of ether oxygens (including phenoxy) is 2. The molecule has 0 spiro atoms. The van der Waals surface area contributed by atoms with Crippen LogP contribution in [-0.4, -0.2) is 24.6 Å². The van der Waals surface area contributed by atoms with Crippen LogP contribution in [0, 0.1) is 17.8 Å². The van der Waals surface area contributed by atoms with Crippen molar-refractivity contribution in [2.24, 2.45) is 17.8 Å². The van der Waals surface area contributed by atoms with Crippen molar-refractivity contribution in [2.75, 3.05) is 7.11 Å². The molecule has 0 unspecified atom stereocenters. The zero-order valence-corrected chi connectivity index (χ0v) is 21.5. The third-order valence-corrected chi connectivity index (χ3v) is 6.58. The maximum absolute atomic E-state index is 12.8. The van der Waals surface area contributed by atoms with Crippen molar-refractivity contribution in [1.82, 2.24) is 0 Å². The first kappa shape index (κ1) is 23.6. The second kappa shape index (κ2) is 10.9. The van der Waals surface area contributed by atoms with Gasteiger partial charge >= 0.3 is 11.9 Å². The number of carbonyl (C=O) groups excluding carboxylic acids is 2. The number of hydrogen-bond donors (Lipinski definition) is 0. The summed E-state index contributed by atoms with van der Waals surface area (Å²) in [6, 6.07) is 0. The fourth-order valence-corrected chi connectivity index (χ4v) is 5.46. The molecular weight excluding hydrogens is 612 g/mol. The minimum Gasteiger partial charge on any atom is -0.466 e. The lowest BCUT2D eigenvalue weighted by Gasteiger charge is -2.38. The number of allylic oxidation sites excluding steroid dienone is 2. The molecule has 2 rings (SSSR count). The highest BCUT2D eigenvalue weighted by molar-refractivity contribution is 9.28. The summed E-state index contributed by atoms with van der Waals surface area (Å²) in [5.41, 5.74) is -1.13. The van der Waals surface area contributed by atoms with Crippen molar-refractivity contribution >= 4 is 75.7 Å². The van der Waals surface area contributed by atoms with Crippen LogP contribution in [0.2, 0.25) is 0 Å². The van der Waals surface area contributed by atoms with Gasteiger partial charge in [-0.3, -0.25) is 4.79 Å². The van der Waals surface area contributed by atoms with Crippen molar-refractivity contribution in [3.63, 3.8) is 0 Å². The molecule has 0 bridgehead atoms. The Morgan fingerprint density at radius 2 is 1.33 bits per heavy atom. The third kappa shape index (κ3) is 6.96. The monoisotopic (exact) mass is 632 g/mol. The first-order chi connectivity index (χ1) is 12.8. The summed E-state index contributed by atoms with van der Waals surface area (Å²) < 4.78 is 12.7. The molecular formula is C19H24Br4O4. The molecule has 0 aromatic carbocycles. The zero-order chi connectivity index (χ0) is 20.0. The number of halogens is 4. The lowest BCUT2D eigenvalue weighted by atomic mass is 9.78. The maximum atomic E-state index is 12.8. The molecule has 0 radical (unpaired) electrons. The normalized spacial score (nSPS) is 30.8. The van der Waals surface area contributed by atoms with Gasteiger partial charge in [-0.1, -0.05) is 12.2 Å². The van der Waals surface area contributed by atoms with Crippen molar-refractivity contribution in [3.05, 3.63) is 18.9 Å². The Morgan fingerprint density at radius 3 is 1.78 bits per heavy atom. The van der Waals surface area contributed by atoms with E-state index >= 15 is 0 Å². The summed E-state index contributed by atoms with van der Waals surface area (Å²) in [4.78, 5) is 25.2. The number of carbonyl (C=O) groups is 2. The van der Waals surface area contributed by atoms with E-state index in [0.717, 1.165) is 45.3 Å². The van der Waals surface area contributed by atoms with E-state index < -0.39 is 11.6 Å². The van der Waals surface area contributed by atoms with Gasteiger partial charge in [0.1, 0.15) is 0 Å². The Morgan fingerprint density at radius 1 is 0.852 bits per heavy atom. The van der Waals surface area contributed by atoms with Crippen molar-refractivity contribution < 1.29 is 19.1 Å². The van der Waals surface area contributed by atoms with E-state index in [1.54, 1.807) is 0 Å². The average molecular weight is 636 g/mol. The molecule has 2 fully saturated rings. The highest BCUT2D eigenvalue weighted by Gasteiger charge is 2.47. The molecule has 27 heavy (non-hydrogen) atoms. The Hall–Kier alpha value is 0.340. The van der Waals surface area contributed by atoms with E-state index in [9.17, 15) is 9.59 Å². The van der Waals surface area contributed by atoms with Gasteiger partial charge in [-0.2, -0.15) is 0 Å². The predicted octanol–water partition coefficient (Wildman–Crippen LogP) is 6.70. The number of rotatable bonds is 5. The van der Waals surface area contributed by atoms with E-state index in [0.29, 0.717) is 24.7 Å². The largest absolute Gasteiger partial charge is 0.466 e. The molecule has 8 heteroatoms. The third-order valence-electron chi connectivity index (χ3n) is 5.52. The molecule has 0 N–H and O–H groups in total. The standard InChI is InChI=1S/C19H24Br4O4/c1-26-18(25)19(8-6-13(7-9-19)11-16(22)23)27-17(24)14-4-2-12(3-5-14)10-15(20)21/h10-14H,2-9H2,1H3. The molecule has 0 aromatic heterocycles. The van der Waals surface area contributed by atoms with Gasteiger partial charge in [-0.05, 0) is 127 Å². The lowest BCUT2D eigenvalue weighted by Crippen LogP contribution is -2.48. The number of hydrogen-bond acceptors (Lipinski definition) is 4. The van der Waals surface area contributed by atoms with Crippen LogP contribution in [0.15, 0.2) is 18.9 Å². The first-order valence-corrected chi connectivity index (χ1v) is 12.3. The summed E-state index contributed by atoms with van der Waals surface area (Å²) in [6.07, 6.45) is 10.2. The molecule has 152 valence electrons. The fraction of sp³-hybridized carbons (Fsp3) is 0.684. The summed E-state index contributed by atoms with van der Waals surface area (Å²) in [6.45, 7) is 0. The van der Waals surface area contributed by atoms with Crippen LogP contribution in [0.3, 0.4) is 0 Å². The van der Waals surface area contributed by atoms with Gasteiger partial charge in [0.25, 0.3) is 0 Å². The molecule has 4 nitrogen and oxygen atoms in total. The Bertz CT molecular complexity index is 593. The zero-order valence-electron chi connectivity index (χ0n) is 15.2. The molecule has 2 saturated carbocycles. The van der Waals surface area contributed by atoms with Gasteiger partial charge in [-0.25, -0.2) is 4.79 Å². The summed E-state index contributed by atoms with van der Waals surface area (Å²) in [5, 5.41) is 0. The molecule has 0 heterocycles. The minimum atomic E-state index is -1.13.